The zero-order chi connectivity index (χ0) is 13.2. The Labute approximate surface area is 113 Å². The van der Waals surface area contributed by atoms with E-state index < -0.39 is 0 Å². The van der Waals surface area contributed by atoms with Gasteiger partial charge < -0.3 is 14.7 Å². The normalized spacial score (nSPS) is 29.3. The van der Waals surface area contributed by atoms with Gasteiger partial charge in [0.2, 0.25) is 0 Å². The second kappa shape index (κ2) is 5.21. The summed E-state index contributed by atoms with van der Waals surface area (Å²) in [5.41, 5.74) is 0.996. The van der Waals surface area contributed by atoms with Crippen LogP contribution in [0.4, 0.5) is 4.79 Å². The molecule has 0 spiro atoms. The quantitative estimate of drug-likeness (QED) is 0.886. The smallest absolute Gasteiger partial charge is 0.410 e. The lowest BCUT2D eigenvalue weighted by Crippen LogP contribution is -2.31. The van der Waals surface area contributed by atoms with Crippen LogP contribution in [0.5, 0.6) is 0 Å². The Bertz CT molecular complexity index is 448. The van der Waals surface area contributed by atoms with Gasteiger partial charge in [-0.25, -0.2) is 4.79 Å². The van der Waals surface area contributed by atoms with Crippen LogP contribution in [0.1, 0.15) is 18.4 Å². The molecule has 0 radical (unpaired) electrons. The maximum Gasteiger partial charge on any atom is 0.410 e. The highest BCUT2D eigenvalue weighted by Crippen LogP contribution is 2.38. The molecule has 2 fully saturated rings. The Morgan fingerprint density at radius 1 is 1.26 bits per heavy atom. The van der Waals surface area contributed by atoms with Crippen molar-refractivity contribution >= 4 is 6.09 Å². The monoisotopic (exact) mass is 261 g/mol. The molecule has 0 unspecified atom stereocenters. The van der Waals surface area contributed by atoms with Gasteiger partial charge in [0.05, 0.1) is 6.10 Å². The molecule has 1 amide bonds. The average molecular weight is 261 g/mol. The molecule has 4 nitrogen and oxygen atoms in total. The lowest BCUT2D eigenvalue weighted by atomic mass is 10.00. The molecule has 1 aliphatic heterocycles. The first-order chi connectivity index (χ1) is 9.24. The fourth-order valence-corrected chi connectivity index (χ4v) is 3.20. The van der Waals surface area contributed by atoms with E-state index in [0.717, 1.165) is 24.9 Å². The number of likely N-dealkylation sites (tertiary alicyclic amines) is 1. The van der Waals surface area contributed by atoms with E-state index in [-0.39, 0.29) is 18.1 Å². The van der Waals surface area contributed by atoms with Crippen molar-refractivity contribution in [2.45, 2.75) is 25.6 Å². The van der Waals surface area contributed by atoms with E-state index in [4.69, 9.17) is 4.74 Å². The van der Waals surface area contributed by atoms with Crippen molar-refractivity contribution in [3.8, 4) is 0 Å². The molecule has 102 valence electrons. The molecule has 4 heteroatoms. The van der Waals surface area contributed by atoms with Gasteiger partial charge in [-0.2, -0.15) is 0 Å². The number of ether oxygens (including phenoxy) is 1. The van der Waals surface area contributed by atoms with Crippen LogP contribution >= 0.6 is 0 Å². The zero-order valence-electron chi connectivity index (χ0n) is 10.9. The van der Waals surface area contributed by atoms with Crippen LogP contribution in [0.2, 0.25) is 0 Å². The van der Waals surface area contributed by atoms with Crippen LogP contribution in [-0.2, 0) is 11.3 Å². The standard InChI is InChI=1S/C15H19NO3/c17-14-7-6-12-8-16(9-13(12)14)15(18)19-10-11-4-2-1-3-5-11/h1-5,12-14,17H,6-10H2/t12-,13+,14-/m0/s1. The minimum atomic E-state index is -0.259. The number of amides is 1. The second-order valence-electron chi connectivity index (χ2n) is 5.51. The number of carbonyl (C=O) groups excluding carboxylic acids is 1. The van der Waals surface area contributed by atoms with Crippen LogP contribution in [0.25, 0.3) is 0 Å². The molecule has 0 bridgehead atoms. The Kier molecular flexibility index (Phi) is 3.42. The number of carbonyl (C=O) groups is 1. The number of benzene rings is 1. The van der Waals surface area contributed by atoms with Crippen molar-refractivity contribution in [1.82, 2.24) is 4.90 Å². The fraction of sp³-hybridized carbons (Fsp3) is 0.533. The van der Waals surface area contributed by atoms with E-state index in [9.17, 15) is 9.90 Å². The molecule has 3 atom stereocenters. The topological polar surface area (TPSA) is 49.8 Å². The van der Waals surface area contributed by atoms with Gasteiger partial charge >= 0.3 is 6.09 Å². The van der Waals surface area contributed by atoms with E-state index >= 15 is 0 Å². The van der Waals surface area contributed by atoms with Crippen LogP contribution in [0.15, 0.2) is 30.3 Å². The Morgan fingerprint density at radius 2 is 2.05 bits per heavy atom. The predicted molar refractivity (Wildman–Crippen MR) is 70.4 cm³/mol. The molecule has 3 rings (SSSR count). The van der Waals surface area contributed by atoms with Gasteiger partial charge in [0.25, 0.3) is 0 Å². The molecule has 0 aromatic heterocycles. The molecule has 2 aliphatic rings. The Hall–Kier alpha value is -1.55. The van der Waals surface area contributed by atoms with Crippen molar-refractivity contribution in [2.75, 3.05) is 13.1 Å². The van der Waals surface area contributed by atoms with Gasteiger partial charge in [-0.1, -0.05) is 30.3 Å². The largest absolute Gasteiger partial charge is 0.445 e. The van der Waals surface area contributed by atoms with E-state index in [1.807, 2.05) is 30.3 Å². The first kappa shape index (κ1) is 12.5. The van der Waals surface area contributed by atoms with Gasteiger partial charge in [-0.05, 0) is 24.3 Å². The van der Waals surface area contributed by atoms with E-state index in [0.29, 0.717) is 19.1 Å². The average Bonchev–Trinajstić information content (AvgIpc) is 3.00. The van der Waals surface area contributed by atoms with Crippen LogP contribution < -0.4 is 0 Å². The summed E-state index contributed by atoms with van der Waals surface area (Å²) in [4.78, 5) is 13.7. The van der Waals surface area contributed by atoms with Gasteiger partial charge in [-0.15, -0.1) is 0 Å². The lowest BCUT2D eigenvalue weighted by molar-refractivity contribution is 0.0924. The summed E-state index contributed by atoms with van der Waals surface area (Å²) in [7, 11) is 0. The maximum atomic E-state index is 12.0. The zero-order valence-corrected chi connectivity index (χ0v) is 10.9. The van der Waals surface area contributed by atoms with Gasteiger partial charge in [0.15, 0.2) is 0 Å². The predicted octanol–water partition coefficient (Wildman–Crippen LogP) is 2.03. The Morgan fingerprint density at radius 3 is 2.79 bits per heavy atom. The fourth-order valence-electron chi connectivity index (χ4n) is 3.20. The summed E-state index contributed by atoms with van der Waals surface area (Å²) in [6, 6.07) is 9.68. The number of aliphatic hydroxyl groups excluding tert-OH is 1. The first-order valence-electron chi connectivity index (χ1n) is 6.88. The second-order valence-corrected chi connectivity index (χ2v) is 5.51. The van der Waals surface area contributed by atoms with Crippen molar-refractivity contribution in [3.05, 3.63) is 35.9 Å². The Balaban J connectivity index is 1.52. The molecule has 1 aliphatic carbocycles. The van der Waals surface area contributed by atoms with E-state index in [1.165, 1.54) is 0 Å². The number of aliphatic hydroxyl groups is 1. The van der Waals surface area contributed by atoms with Gasteiger partial charge in [-0.3, -0.25) is 0 Å². The third-order valence-corrected chi connectivity index (χ3v) is 4.28. The van der Waals surface area contributed by atoms with E-state index in [2.05, 4.69) is 0 Å². The molecular weight excluding hydrogens is 242 g/mol. The number of fused-ring (bicyclic) bond motifs is 1. The lowest BCUT2D eigenvalue weighted by Gasteiger charge is -2.18. The van der Waals surface area contributed by atoms with Crippen molar-refractivity contribution in [2.24, 2.45) is 11.8 Å². The number of nitrogens with zero attached hydrogens (tertiary/aromatic N) is 1. The summed E-state index contributed by atoms with van der Waals surface area (Å²) < 4.78 is 5.32. The summed E-state index contributed by atoms with van der Waals surface area (Å²) >= 11 is 0. The van der Waals surface area contributed by atoms with Gasteiger partial charge in [0, 0.05) is 19.0 Å². The van der Waals surface area contributed by atoms with Crippen molar-refractivity contribution in [1.29, 1.82) is 0 Å². The third-order valence-electron chi connectivity index (χ3n) is 4.28. The van der Waals surface area contributed by atoms with Gasteiger partial charge in [0.1, 0.15) is 6.61 Å². The molecular formula is C15H19NO3. The third kappa shape index (κ3) is 2.59. The highest BCUT2D eigenvalue weighted by Gasteiger charge is 2.43. The minimum Gasteiger partial charge on any atom is -0.445 e. The highest BCUT2D eigenvalue weighted by atomic mass is 16.6. The molecule has 1 aromatic rings. The number of rotatable bonds is 2. The highest BCUT2D eigenvalue weighted by molar-refractivity contribution is 5.68. The molecule has 1 N–H and O–H groups in total. The molecule has 19 heavy (non-hydrogen) atoms. The minimum absolute atomic E-state index is 0.239. The molecule has 1 saturated carbocycles. The van der Waals surface area contributed by atoms with Crippen LogP contribution in [-0.4, -0.2) is 35.3 Å². The van der Waals surface area contributed by atoms with Crippen LogP contribution in [0.3, 0.4) is 0 Å². The first-order valence-corrected chi connectivity index (χ1v) is 6.88. The summed E-state index contributed by atoms with van der Waals surface area (Å²) in [6.45, 7) is 1.68. The summed E-state index contributed by atoms with van der Waals surface area (Å²) in [5, 5.41) is 9.83. The number of hydrogen-bond acceptors (Lipinski definition) is 3. The number of hydrogen-bond donors (Lipinski definition) is 1. The SMILES string of the molecule is O=C(OCc1ccccc1)N1C[C@@H]2CC[C@H](O)[C@@H]2C1. The van der Waals surface area contributed by atoms with Crippen molar-refractivity contribution in [3.63, 3.8) is 0 Å². The van der Waals surface area contributed by atoms with E-state index in [1.54, 1.807) is 4.90 Å². The summed E-state index contributed by atoms with van der Waals surface area (Å²) in [5.74, 6) is 0.712. The maximum absolute atomic E-state index is 12.0. The summed E-state index contributed by atoms with van der Waals surface area (Å²) in [6.07, 6.45) is 1.40. The molecule has 1 heterocycles. The molecule has 1 aromatic carbocycles. The molecule has 1 saturated heterocycles. The van der Waals surface area contributed by atoms with Crippen LogP contribution in [0, 0.1) is 11.8 Å². The van der Waals surface area contributed by atoms with Crippen molar-refractivity contribution < 1.29 is 14.6 Å².